The predicted molar refractivity (Wildman–Crippen MR) is 122 cm³/mol. The lowest BCUT2D eigenvalue weighted by molar-refractivity contribution is -0.133. The van der Waals surface area contributed by atoms with E-state index in [1.54, 1.807) is 13.1 Å². The van der Waals surface area contributed by atoms with Gasteiger partial charge in [0.25, 0.3) is 5.91 Å². The van der Waals surface area contributed by atoms with E-state index in [-0.39, 0.29) is 19.6 Å². The minimum Gasteiger partial charge on any atom is -0.465 e. The number of carboxylic acid groups (broad SMARTS) is 1. The van der Waals surface area contributed by atoms with E-state index in [0.29, 0.717) is 24.1 Å². The molecule has 0 aliphatic carbocycles. The first kappa shape index (κ1) is 23.1. The van der Waals surface area contributed by atoms with Crippen molar-refractivity contribution in [2.24, 2.45) is 7.05 Å². The molecule has 0 spiro atoms. The number of ether oxygens (including phenoxy) is 1. The van der Waals surface area contributed by atoms with Crippen LogP contribution in [0, 0.1) is 11.3 Å². The van der Waals surface area contributed by atoms with E-state index >= 15 is 0 Å². The summed E-state index contributed by atoms with van der Waals surface area (Å²) in [5.41, 5.74) is 3.90. The van der Waals surface area contributed by atoms with Crippen LogP contribution in [0.1, 0.15) is 12.0 Å². The lowest BCUT2D eigenvalue weighted by Crippen LogP contribution is -2.47. The second-order valence-corrected chi connectivity index (χ2v) is 8.14. The molecule has 2 atom stereocenters. The van der Waals surface area contributed by atoms with Crippen molar-refractivity contribution in [1.29, 1.82) is 5.26 Å². The maximum Gasteiger partial charge on any atom is 0.419 e. The number of carbonyl (C=O) groups excluding carboxylic acids is 1. The maximum absolute atomic E-state index is 12.6. The van der Waals surface area contributed by atoms with Crippen LogP contribution in [0.15, 0.2) is 51.7 Å². The molecule has 2 N–H and O–H groups in total. The Balaban J connectivity index is 1.42. The molecular formula is C24H24N4O6. The highest BCUT2D eigenvalue weighted by Gasteiger charge is 2.28. The van der Waals surface area contributed by atoms with Gasteiger partial charge in [0.05, 0.1) is 18.1 Å². The summed E-state index contributed by atoms with van der Waals surface area (Å²) >= 11 is 0. The zero-order valence-electron chi connectivity index (χ0n) is 18.6. The van der Waals surface area contributed by atoms with Gasteiger partial charge < -0.3 is 24.5 Å². The Morgan fingerprint density at radius 2 is 1.97 bits per heavy atom. The molecule has 1 saturated heterocycles. The Kier molecular flexibility index (Phi) is 6.65. The number of nitriles is 1. The number of aromatic nitrogens is 1. The van der Waals surface area contributed by atoms with Gasteiger partial charge in [-0.1, -0.05) is 30.3 Å². The van der Waals surface area contributed by atoms with E-state index in [4.69, 9.17) is 9.15 Å². The van der Waals surface area contributed by atoms with Gasteiger partial charge in [0.1, 0.15) is 6.04 Å². The molecule has 0 bridgehead atoms. The molecule has 4 rings (SSSR count). The molecule has 0 unspecified atom stereocenters. The van der Waals surface area contributed by atoms with Crippen molar-refractivity contribution < 1.29 is 23.8 Å². The van der Waals surface area contributed by atoms with Crippen molar-refractivity contribution in [3.63, 3.8) is 0 Å². The zero-order valence-corrected chi connectivity index (χ0v) is 18.6. The van der Waals surface area contributed by atoms with Gasteiger partial charge in [-0.2, -0.15) is 5.26 Å². The second-order valence-electron chi connectivity index (χ2n) is 8.14. The summed E-state index contributed by atoms with van der Waals surface area (Å²) in [4.78, 5) is 36.7. The quantitative estimate of drug-likeness (QED) is 0.590. The van der Waals surface area contributed by atoms with E-state index in [1.165, 1.54) is 4.57 Å². The van der Waals surface area contributed by atoms with Crippen LogP contribution >= 0.6 is 0 Å². The third-order valence-corrected chi connectivity index (χ3v) is 5.83. The number of nitrogens with one attached hydrogen (secondary N) is 1. The SMILES string of the molecule is Cn1c(=O)oc2ccc(-c3ccc(C[C@@H](C#N)NC(=O)[C@@H]4CN(C(=O)O)CCCO4)cc3)cc21. The number of carbonyl (C=O) groups is 2. The number of rotatable bonds is 5. The van der Waals surface area contributed by atoms with E-state index in [1.807, 2.05) is 36.4 Å². The molecule has 176 valence electrons. The van der Waals surface area contributed by atoms with Crippen LogP contribution in [0.5, 0.6) is 0 Å². The lowest BCUT2D eigenvalue weighted by Gasteiger charge is -2.22. The van der Waals surface area contributed by atoms with Gasteiger partial charge in [0, 0.05) is 26.6 Å². The summed E-state index contributed by atoms with van der Waals surface area (Å²) in [6.07, 6.45) is -1.26. The summed E-state index contributed by atoms with van der Waals surface area (Å²) in [5.74, 6) is -0.924. The van der Waals surface area contributed by atoms with Gasteiger partial charge in [-0.25, -0.2) is 9.59 Å². The first-order chi connectivity index (χ1) is 16.4. The Morgan fingerprint density at radius 3 is 2.68 bits per heavy atom. The van der Waals surface area contributed by atoms with Gasteiger partial charge >= 0.3 is 11.8 Å². The number of hydrogen-bond donors (Lipinski definition) is 2. The number of oxazole rings is 1. The van der Waals surface area contributed by atoms with Gasteiger partial charge in [0.2, 0.25) is 0 Å². The first-order valence-electron chi connectivity index (χ1n) is 10.8. The molecule has 34 heavy (non-hydrogen) atoms. The molecule has 1 aliphatic rings. The Labute approximate surface area is 194 Å². The standard InChI is InChI=1S/C24H24N4O6/c1-27-19-12-17(7-8-20(19)34-24(27)32)16-5-3-15(4-6-16)11-18(13-25)26-22(29)21-14-28(23(30)31)9-2-10-33-21/h3-8,12,18,21H,2,9-11,14H2,1H3,(H,26,29)(H,30,31)/t18-,21-/m0/s1. The molecule has 3 aromatic rings. The van der Waals surface area contributed by atoms with Crippen molar-refractivity contribution in [3.05, 3.63) is 58.6 Å². The predicted octanol–water partition coefficient (Wildman–Crippen LogP) is 2.12. The van der Waals surface area contributed by atoms with Crippen LogP contribution in [0.4, 0.5) is 4.79 Å². The van der Waals surface area contributed by atoms with Crippen LogP contribution in [0.2, 0.25) is 0 Å². The number of amides is 2. The number of aryl methyl sites for hydroxylation is 1. The normalized spacial score (nSPS) is 17.1. The summed E-state index contributed by atoms with van der Waals surface area (Å²) in [5, 5.41) is 21.4. The number of fused-ring (bicyclic) bond motifs is 1. The highest BCUT2D eigenvalue weighted by Crippen LogP contribution is 2.24. The largest absolute Gasteiger partial charge is 0.465 e. The van der Waals surface area contributed by atoms with E-state index in [0.717, 1.165) is 21.6 Å². The third kappa shape index (κ3) is 4.94. The smallest absolute Gasteiger partial charge is 0.419 e. The van der Waals surface area contributed by atoms with Crippen LogP contribution in [-0.4, -0.2) is 58.4 Å². The van der Waals surface area contributed by atoms with E-state index in [2.05, 4.69) is 11.4 Å². The molecule has 1 aromatic heterocycles. The summed E-state index contributed by atoms with van der Waals surface area (Å²) in [7, 11) is 1.65. The Bertz CT molecular complexity index is 1300. The lowest BCUT2D eigenvalue weighted by atomic mass is 10.0. The van der Waals surface area contributed by atoms with E-state index in [9.17, 15) is 24.8 Å². The summed E-state index contributed by atoms with van der Waals surface area (Å²) in [6.45, 7) is 0.511. The molecule has 0 saturated carbocycles. The molecule has 2 heterocycles. The number of nitrogens with zero attached hydrogens (tertiary/aromatic N) is 3. The van der Waals surface area contributed by atoms with Gasteiger partial charge in [-0.15, -0.1) is 0 Å². The van der Waals surface area contributed by atoms with E-state index < -0.39 is 29.9 Å². The van der Waals surface area contributed by atoms with Crippen molar-refractivity contribution in [2.45, 2.75) is 25.0 Å². The number of hydrogen-bond acceptors (Lipinski definition) is 6. The van der Waals surface area contributed by atoms with Crippen LogP contribution < -0.4 is 11.1 Å². The minimum atomic E-state index is -1.10. The molecule has 1 aliphatic heterocycles. The fourth-order valence-electron chi connectivity index (χ4n) is 3.93. The fraction of sp³-hybridized carbons (Fsp3) is 0.333. The average molecular weight is 464 g/mol. The maximum atomic E-state index is 12.6. The third-order valence-electron chi connectivity index (χ3n) is 5.83. The Morgan fingerprint density at radius 1 is 1.24 bits per heavy atom. The molecule has 2 aromatic carbocycles. The van der Waals surface area contributed by atoms with Gasteiger partial charge in [-0.05, 0) is 35.2 Å². The van der Waals surface area contributed by atoms with Crippen molar-refractivity contribution in [1.82, 2.24) is 14.8 Å². The monoisotopic (exact) mass is 464 g/mol. The highest BCUT2D eigenvalue weighted by molar-refractivity contribution is 5.82. The molecule has 2 amide bonds. The molecule has 10 heteroatoms. The minimum absolute atomic E-state index is 0.0688. The van der Waals surface area contributed by atoms with Crippen molar-refractivity contribution >= 4 is 23.1 Å². The van der Waals surface area contributed by atoms with Gasteiger partial charge in [-0.3, -0.25) is 9.36 Å². The molecule has 1 fully saturated rings. The van der Waals surface area contributed by atoms with Crippen LogP contribution in [-0.2, 0) is 23.0 Å². The molecule has 10 nitrogen and oxygen atoms in total. The Hall–Kier alpha value is -4.10. The van der Waals surface area contributed by atoms with Gasteiger partial charge in [0.15, 0.2) is 11.7 Å². The van der Waals surface area contributed by atoms with Crippen LogP contribution in [0.3, 0.4) is 0 Å². The zero-order chi connectivity index (χ0) is 24.2. The van der Waals surface area contributed by atoms with Crippen molar-refractivity contribution in [3.8, 4) is 17.2 Å². The fourth-order valence-corrected chi connectivity index (χ4v) is 3.93. The topological polar surface area (TPSA) is 138 Å². The van der Waals surface area contributed by atoms with Crippen LogP contribution in [0.25, 0.3) is 22.2 Å². The first-order valence-corrected chi connectivity index (χ1v) is 10.8. The summed E-state index contributed by atoms with van der Waals surface area (Å²) in [6, 6.07) is 14.3. The highest BCUT2D eigenvalue weighted by atomic mass is 16.5. The number of benzene rings is 2. The molecule has 0 radical (unpaired) electrons. The summed E-state index contributed by atoms with van der Waals surface area (Å²) < 4.78 is 12.1. The second kappa shape index (κ2) is 9.80. The average Bonchev–Trinajstić information content (AvgIpc) is 2.99. The molecular weight excluding hydrogens is 440 g/mol. The van der Waals surface area contributed by atoms with Crippen molar-refractivity contribution in [2.75, 3.05) is 19.7 Å².